The predicted molar refractivity (Wildman–Crippen MR) is 208 cm³/mol. The minimum absolute atomic E-state index is 0.154. The second kappa shape index (κ2) is 36.2. The van der Waals surface area contributed by atoms with Crippen LogP contribution in [0.2, 0.25) is 0 Å². The maximum atomic E-state index is 12.5. The Hall–Kier alpha value is -1.78. The average Bonchev–Trinajstić information content (AvgIpc) is 3.12. The second-order valence-electron chi connectivity index (χ2n) is 14.1. The van der Waals surface area contributed by atoms with Gasteiger partial charge >= 0.3 is 25.7 Å². The van der Waals surface area contributed by atoms with E-state index in [2.05, 4.69) is 30.5 Å². The van der Waals surface area contributed by atoms with Crippen molar-refractivity contribution in [3.05, 3.63) is 12.2 Å². The van der Waals surface area contributed by atoms with E-state index in [1.54, 1.807) is 0 Å². The van der Waals surface area contributed by atoms with Gasteiger partial charge in [-0.3, -0.25) is 23.4 Å². The molecule has 4 N–H and O–H groups in total. The number of allylic oxidation sites excluding steroid dienone is 2. The third-order valence-corrected chi connectivity index (χ3v) is 9.96. The summed E-state index contributed by atoms with van der Waals surface area (Å²) in [6.45, 7) is 2.76. The molecule has 0 amide bonds. The lowest BCUT2D eigenvalue weighted by Crippen LogP contribution is -2.34. The van der Waals surface area contributed by atoms with E-state index in [0.717, 1.165) is 57.8 Å². The van der Waals surface area contributed by atoms with Gasteiger partial charge in [-0.05, 0) is 32.1 Å². The van der Waals surface area contributed by atoms with Crippen molar-refractivity contribution in [1.29, 1.82) is 0 Å². The lowest BCUT2D eigenvalue weighted by atomic mass is 10.0. The Morgan fingerprint density at radius 3 is 1.46 bits per heavy atom. The summed E-state index contributed by atoms with van der Waals surface area (Å²) in [6.07, 6.45) is 34.3. The van der Waals surface area contributed by atoms with Gasteiger partial charge in [0, 0.05) is 12.8 Å². The molecule has 0 heterocycles. The van der Waals surface area contributed by atoms with Gasteiger partial charge in [0.1, 0.15) is 12.6 Å². The largest absolute Gasteiger partial charge is 0.480 e. The van der Waals surface area contributed by atoms with Crippen LogP contribution in [0.1, 0.15) is 194 Å². The van der Waals surface area contributed by atoms with Gasteiger partial charge in [0.15, 0.2) is 6.10 Å². The normalized spacial score (nSPS) is 13.9. The van der Waals surface area contributed by atoms with Crippen LogP contribution in [0.15, 0.2) is 12.2 Å². The average molecular weight is 762 g/mol. The molecule has 0 aromatic carbocycles. The van der Waals surface area contributed by atoms with Gasteiger partial charge in [0.05, 0.1) is 13.2 Å². The van der Waals surface area contributed by atoms with E-state index in [-0.39, 0.29) is 19.4 Å². The maximum Gasteiger partial charge on any atom is 0.472 e. The first-order valence-electron chi connectivity index (χ1n) is 20.7. The molecule has 11 nitrogen and oxygen atoms in total. The number of hydrogen-bond donors (Lipinski definition) is 3. The third kappa shape index (κ3) is 35.3. The van der Waals surface area contributed by atoms with E-state index in [9.17, 15) is 23.8 Å². The van der Waals surface area contributed by atoms with Crippen molar-refractivity contribution in [1.82, 2.24) is 0 Å². The molecule has 0 spiro atoms. The van der Waals surface area contributed by atoms with Crippen LogP contribution in [0.3, 0.4) is 0 Å². The van der Waals surface area contributed by atoms with Gasteiger partial charge in [0.2, 0.25) is 0 Å². The maximum absolute atomic E-state index is 12.5. The number of carboxylic acids is 1. The quantitative estimate of drug-likeness (QED) is 0.0235. The highest BCUT2D eigenvalue weighted by molar-refractivity contribution is 7.47. The molecule has 306 valence electrons. The van der Waals surface area contributed by atoms with E-state index in [0.29, 0.717) is 12.8 Å². The number of phosphoric acid groups is 1. The zero-order chi connectivity index (χ0) is 38.5. The molecule has 0 aliphatic heterocycles. The number of esters is 2. The fraction of sp³-hybridized carbons (Fsp3) is 0.875. The van der Waals surface area contributed by atoms with Crippen LogP contribution in [-0.4, -0.2) is 59.9 Å². The zero-order valence-corrected chi connectivity index (χ0v) is 33.8. The summed E-state index contributed by atoms with van der Waals surface area (Å²) >= 11 is 0. The molecule has 0 saturated carbocycles. The van der Waals surface area contributed by atoms with Crippen LogP contribution in [0, 0.1) is 0 Å². The van der Waals surface area contributed by atoms with Gasteiger partial charge in [0.25, 0.3) is 0 Å². The number of rotatable bonds is 39. The standard InChI is InChI=1S/C40H76NO10P/c1-3-5-7-9-11-13-15-16-17-18-19-20-22-23-25-27-29-31-38(42)48-33-36(34-49-52(46,47)50-35-37(41)40(44)45)51-39(43)32-30-28-26-24-21-14-12-10-8-6-4-2/h10,12,36-37H,3-9,11,13-35,41H2,1-2H3,(H,44,45)(H,46,47)/b12-10-/t36-,37+/m1/s1. The van der Waals surface area contributed by atoms with E-state index in [1.807, 2.05) is 0 Å². The first kappa shape index (κ1) is 50.2. The van der Waals surface area contributed by atoms with Crippen molar-refractivity contribution < 1.29 is 47.5 Å². The molecular formula is C40H76NO10P. The number of nitrogens with two attached hydrogens (primary N) is 1. The summed E-state index contributed by atoms with van der Waals surface area (Å²) in [6, 6.07) is -1.52. The van der Waals surface area contributed by atoms with Crippen LogP contribution in [0.5, 0.6) is 0 Å². The SMILES string of the molecule is CCCC/C=C\CCCCCCCC(=O)O[C@H](COC(=O)CCCCCCCCCCCCCCCCCCC)COP(=O)(O)OC[C@H](N)C(=O)O. The predicted octanol–water partition coefficient (Wildman–Crippen LogP) is 10.5. The van der Waals surface area contributed by atoms with Gasteiger partial charge in [-0.15, -0.1) is 0 Å². The molecule has 0 aromatic heterocycles. The smallest absolute Gasteiger partial charge is 0.472 e. The van der Waals surface area contributed by atoms with Gasteiger partial charge in [-0.2, -0.15) is 0 Å². The summed E-state index contributed by atoms with van der Waals surface area (Å²) in [7, 11) is -4.71. The molecule has 0 aliphatic rings. The summed E-state index contributed by atoms with van der Waals surface area (Å²) in [4.78, 5) is 45.8. The number of phosphoric ester groups is 1. The van der Waals surface area contributed by atoms with Gasteiger partial charge < -0.3 is 25.2 Å². The van der Waals surface area contributed by atoms with Crippen LogP contribution in [0.25, 0.3) is 0 Å². The summed E-state index contributed by atoms with van der Waals surface area (Å²) in [5, 5.41) is 8.86. The van der Waals surface area contributed by atoms with E-state index in [1.165, 1.54) is 96.3 Å². The molecule has 52 heavy (non-hydrogen) atoms. The van der Waals surface area contributed by atoms with Crippen molar-refractivity contribution in [3.63, 3.8) is 0 Å². The first-order valence-corrected chi connectivity index (χ1v) is 22.2. The topological polar surface area (TPSA) is 172 Å². The van der Waals surface area contributed by atoms with Crippen molar-refractivity contribution >= 4 is 25.7 Å². The molecule has 0 aliphatic carbocycles. The van der Waals surface area contributed by atoms with Gasteiger partial charge in [-0.1, -0.05) is 161 Å². The third-order valence-electron chi connectivity index (χ3n) is 9.01. The van der Waals surface area contributed by atoms with Crippen LogP contribution < -0.4 is 5.73 Å². The Morgan fingerprint density at radius 1 is 0.577 bits per heavy atom. The number of carbonyl (C=O) groups is 3. The summed E-state index contributed by atoms with van der Waals surface area (Å²) < 4.78 is 32.6. The summed E-state index contributed by atoms with van der Waals surface area (Å²) in [5.41, 5.74) is 5.32. The number of ether oxygens (including phenoxy) is 2. The Labute approximate surface area is 316 Å². The highest BCUT2D eigenvalue weighted by atomic mass is 31.2. The highest BCUT2D eigenvalue weighted by Gasteiger charge is 2.28. The van der Waals surface area contributed by atoms with Crippen LogP contribution in [-0.2, 0) is 37.5 Å². The monoisotopic (exact) mass is 762 g/mol. The first-order chi connectivity index (χ1) is 25.1. The second-order valence-corrected chi connectivity index (χ2v) is 15.6. The minimum atomic E-state index is -4.71. The molecule has 1 unspecified atom stereocenters. The number of carbonyl (C=O) groups excluding carboxylic acids is 2. The molecule has 12 heteroatoms. The van der Waals surface area contributed by atoms with Gasteiger partial charge in [-0.25, -0.2) is 4.57 Å². The molecule has 0 fully saturated rings. The number of unbranched alkanes of at least 4 members (excludes halogenated alkanes) is 23. The molecule has 0 radical (unpaired) electrons. The minimum Gasteiger partial charge on any atom is -0.480 e. The van der Waals surface area contributed by atoms with E-state index < -0.39 is 51.1 Å². The Kier molecular flexibility index (Phi) is 35.0. The Bertz CT molecular complexity index is 947. The molecular weight excluding hydrogens is 685 g/mol. The van der Waals surface area contributed by atoms with Crippen LogP contribution in [0.4, 0.5) is 0 Å². The van der Waals surface area contributed by atoms with Crippen molar-refractivity contribution in [2.45, 2.75) is 206 Å². The highest BCUT2D eigenvalue weighted by Crippen LogP contribution is 2.43. The lowest BCUT2D eigenvalue weighted by molar-refractivity contribution is -0.161. The zero-order valence-electron chi connectivity index (χ0n) is 32.9. The molecule has 0 rings (SSSR count). The van der Waals surface area contributed by atoms with Crippen molar-refractivity contribution in [2.24, 2.45) is 5.73 Å². The fourth-order valence-corrected chi connectivity index (χ4v) is 6.47. The molecule has 0 saturated heterocycles. The molecule has 0 bridgehead atoms. The Balaban J connectivity index is 4.32. The van der Waals surface area contributed by atoms with Crippen LogP contribution >= 0.6 is 7.82 Å². The molecule has 3 atom stereocenters. The lowest BCUT2D eigenvalue weighted by Gasteiger charge is -2.20. The summed E-state index contributed by atoms with van der Waals surface area (Å²) in [5.74, 6) is -2.38. The van der Waals surface area contributed by atoms with E-state index >= 15 is 0 Å². The van der Waals surface area contributed by atoms with Crippen molar-refractivity contribution in [3.8, 4) is 0 Å². The van der Waals surface area contributed by atoms with Crippen molar-refractivity contribution in [2.75, 3.05) is 19.8 Å². The fourth-order valence-electron chi connectivity index (χ4n) is 5.69. The number of hydrogen-bond acceptors (Lipinski definition) is 9. The van der Waals surface area contributed by atoms with E-state index in [4.69, 9.17) is 24.8 Å². The molecule has 0 aromatic rings. The Morgan fingerprint density at radius 2 is 0.981 bits per heavy atom. The number of carboxylic acid groups (broad SMARTS) is 1. The number of aliphatic carboxylic acids is 1.